The van der Waals surface area contributed by atoms with Crippen LogP contribution in [-0.2, 0) is 28.6 Å². The third-order valence-electron chi connectivity index (χ3n) is 15.7. The number of carbonyl (C=O) groups excluding carboxylic acids is 3. The van der Waals surface area contributed by atoms with Gasteiger partial charge in [-0.3, -0.25) is 14.4 Å². The number of ether oxygens (including phenoxy) is 3. The van der Waals surface area contributed by atoms with E-state index in [9.17, 15) is 14.4 Å². The molecule has 0 heterocycles. The van der Waals surface area contributed by atoms with Crippen LogP contribution in [0.2, 0.25) is 0 Å². The summed E-state index contributed by atoms with van der Waals surface area (Å²) in [6.45, 7) is 6.65. The van der Waals surface area contributed by atoms with Crippen LogP contribution in [0.25, 0.3) is 0 Å². The molecule has 0 amide bonds. The van der Waals surface area contributed by atoms with Crippen LogP contribution in [0, 0.1) is 0 Å². The molecule has 0 aromatic rings. The predicted molar refractivity (Wildman–Crippen MR) is 348 cm³/mol. The van der Waals surface area contributed by atoms with Gasteiger partial charge >= 0.3 is 17.9 Å². The zero-order valence-electron chi connectivity index (χ0n) is 53.6. The van der Waals surface area contributed by atoms with E-state index in [-0.39, 0.29) is 31.1 Å². The Morgan fingerprint density at radius 1 is 0.250 bits per heavy atom. The molecule has 0 radical (unpaired) electrons. The van der Waals surface area contributed by atoms with E-state index < -0.39 is 6.10 Å². The summed E-state index contributed by atoms with van der Waals surface area (Å²) in [7, 11) is 0. The van der Waals surface area contributed by atoms with Crippen molar-refractivity contribution in [1.82, 2.24) is 0 Å². The molecule has 0 aliphatic carbocycles. The second-order valence-corrected chi connectivity index (χ2v) is 23.8. The van der Waals surface area contributed by atoms with Gasteiger partial charge in [-0.05, 0) is 89.9 Å². The van der Waals surface area contributed by atoms with Crippen molar-refractivity contribution in [2.24, 2.45) is 0 Å². The molecular formula is C74H134O6. The van der Waals surface area contributed by atoms with Crippen LogP contribution in [0.4, 0.5) is 0 Å². The molecule has 0 fully saturated rings. The Bertz CT molecular complexity index is 1430. The summed E-state index contributed by atoms with van der Waals surface area (Å²) in [5.41, 5.74) is 0. The molecule has 0 N–H and O–H groups in total. The quantitative estimate of drug-likeness (QED) is 0.0261. The van der Waals surface area contributed by atoms with E-state index in [1.807, 2.05) is 0 Å². The van der Waals surface area contributed by atoms with E-state index in [2.05, 4.69) is 81.5 Å². The Balaban J connectivity index is 4.14. The van der Waals surface area contributed by atoms with E-state index in [1.54, 1.807) is 0 Å². The first-order valence-corrected chi connectivity index (χ1v) is 35.3. The molecule has 0 aromatic carbocycles. The second-order valence-electron chi connectivity index (χ2n) is 23.8. The Hall–Kier alpha value is -2.89. The standard InChI is InChI=1S/C74H134O6/c1-4-7-10-13-16-19-22-24-26-28-30-32-33-34-35-36-37-38-39-40-41-43-44-46-48-50-52-55-58-61-64-67-73(76)79-70-71(69-78-72(75)66-63-60-57-54-21-18-15-12-9-6-3)80-74(77)68-65-62-59-56-53-51-49-47-45-42-31-29-27-25-23-20-17-14-11-8-5-2/h22-25,28-31,33-34,71H,4-21,26-27,32,35-70H2,1-3H3/b24-22-,25-23-,30-28-,31-29-,34-33-. The summed E-state index contributed by atoms with van der Waals surface area (Å²) < 4.78 is 16.9. The molecule has 0 aliphatic rings. The van der Waals surface area contributed by atoms with Crippen LogP contribution >= 0.6 is 0 Å². The Labute approximate surface area is 498 Å². The molecule has 0 saturated heterocycles. The normalized spacial score (nSPS) is 12.4. The monoisotopic (exact) mass is 1120 g/mol. The summed E-state index contributed by atoms with van der Waals surface area (Å²) in [5, 5.41) is 0. The summed E-state index contributed by atoms with van der Waals surface area (Å²) in [5.74, 6) is -0.856. The number of carbonyl (C=O) groups is 3. The minimum absolute atomic E-state index is 0.0713. The van der Waals surface area contributed by atoms with Crippen molar-refractivity contribution >= 4 is 17.9 Å². The van der Waals surface area contributed by atoms with Gasteiger partial charge in [-0.15, -0.1) is 0 Å². The van der Waals surface area contributed by atoms with E-state index in [4.69, 9.17) is 14.2 Å². The smallest absolute Gasteiger partial charge is 0.306 e. The second kappa shape index (κ2) is 68.6. The number of hydrogen-bond donors (Lipinski definition) is 0. The Morgan fingerprint density at radius 2 is 0.450 bits per heavy atom. The average molecular weight is 1120 g/mol. The highest BCUT2D eigenvalue weighted by Crippen LogP contribution is 2.18. The van der Waals surface area contributed by atoms with Crippen LogP contribution in [0.3, 0.4) is 0 Å². The van der Waals surface area contributed by atoms with Gasteiger partial charge in [0.1, 0.15) is 13.2 Å². The highest BCUT2D eigenvalue weighted by Gasteiger charge is 2.19. The molecule has 6 nitrogen and oxygen atoms in total. The van der Waals surface area contributed by atoms with E-state index in [1.165, 1.54) is 257 Å². The van der Waals surface area contributed by atoms with Crippen molar-refractivity contribution in [2.75, 3.05) is 13.2 Å². The van der Waals surface area contributed by atoms with Crippen molar-refractivity contribution < 1.29 is 28.6 Å². The number of unbranched alkanes of at least 4 members (excludes halogenated alkanes) is 44. The van der Waals surface area contributed by atoms with Gasteiger partial charge in [-0.1, -0.05) is 326 Å². The zero-order chi connectivity index (χ0) is 57.8. The minimum Gasteiger partial charge on any atom is -0.462 e. The predicted octanol–water partition coefficient (Wildman–Crippen LogP) is 24.3. The van der Waals surface area contributed by atoms with Crippen molar-refractivity contribution in [3.63, 3.8) is 0 Å². The number of rotatable bonds is 65. The molecule has 0 rings (SSSR count). The Kier molecular flexibility index (Phi) is 66.1. The summed E-state index contributed by atoms with van der Waals surface area (Å²) in [6, 6.07) is 0. The molecule has 466 valence electrons. The zero-order valence-corrected chi connectivity index (χ0v) is 53.6. The van der Waals surface area contributed by atoms with E-state index in [0.717, 1.165) is 77.0 Å². The summed E-state index contributed by atoms with van der Waals surface area (Å²) in [4.78, 5) is 38.3. The minimum atomic E-state index is -0.774. The molecule has 0 saturated carbocycles. The van der Waals surface area contributed by atoms with Gasteiger partial charge in [0, 0.05) is 19.3 Å². The largest absolute Gasteiger partial charge is 0.462 e. The first kappa shape index (κ1) is 77.1. The third-order valence-corrected chi connectivity index (χ3v) is 15.7. The van der Waals surface area contributed by atoms with Crippen molar-refractivity contribution in [1.29, 1.82) is 0 Å². The lowest BCUT2D eigenvalue weighted by Gasteiger charge is -2.18. The molecule has 0 spiro atoms. The van der Waals surface area contributed by atoms with Gasteiger partial charge in [0.05, 0.1) is 0 Å². The lowest BCUT2D eigenvalue weighted by Crippen LogP contribution is -2.30. The molecule has 1 unspecified atom stereocenters. The van der Waals surface area contributed by atoms with E-state index in [0.29, 0.717) is 19.3 Å². The Morgan fingerprint density at radius 3 is 0.700 bits per heavy atom. The number of allylic oxidation sites excluding steroid dienone is 10. The highest BCUT2D eigenvalue weighted by molar-refractivity contribution is 5.71. The lowest BCUT2D eigenvalue weighted by atomic mass is 10.0. The van der Waals surface area contributed by atoms with Crippen LogP contribution in [0.15, 0.2) is 60.8 Å². The fourth-order valence-corrected chi connectivity index (χ4v) is 10.4. The molecule has 0 aliphatic heterocycles. The molecular weight excluding hydrogens is 985 g/mol. The molecule has 6 heteroatoms. The number of esters is 3. The molecule has 0 aromatic heterocycles. The SMILES string of the molecule is CCCCCCC/C=C\C/C=C\C/C=C\CCCCCCCCCCCCCCCCCCC(=O)OCC(COC(=O)CCCCCCCCCCCC)OC(=O)CCCCCCCCCCC/C=C\C/C=C\CCCCCCC. The average Bonchev–Trinajstić information content (AvgIpc) is 3.46. The van der Waals surface area contributed by atoms with Crippen LogP contribution in [0.5, 0.6) is 0 Å². The first-order valence-electron chi connectivity index (χ1n) is 35.3. The van der Waals surface area contributed by atoms with Gasteiger partial charge < -0.3 is 14.2 Å². The lowest BCUT2D eigenvalue weighted by molar-refractivity contribution is -0.167. The maximum absolute atomic E-state index is 12.9. The molecule has 80 heavy (non-hydrogen) atoms. The highest BCUT2D eigenvalue weighted by atomic mass is 16.6. The number of hydrogen-bond acceptors (Lipinski definition) is 6. The maximum atomic E-state index is 12.9. The third kappa shape index (κ3) is 65.9. The maximum Gasteiger partial charge on any atom is 0.306 e. The topological polar surface area (TPSA) is 78.9 Å². The molecule has 1 atom stereocenters. The van der Waals surface area contributed by atoms with Crippen molar-refractivity contribution in [3.8, 4) is 0 Å². The van der Waals surface area contributed by atoms with Crippen LogP contribution in [0.1, 0.15) is 374 Å². The summed E-state index contributed by atoms with van der Waals surface area (Å²) in [6.07, 6.45) is 88.3. The van der Waals surface area contributed by atoms with Crippen molar-refractivity contribution in [3.05, 3.63) is 60.8 Å². The van der Waals surface area contributed by atoms with Crippen LogP contribution < -0.4 is 0 Å². The van der Waals surface area contributed by atoms with Gasteiger partial charge in [0.25, 0.3) is 0 Å². The van der Waals surface area contributed by atoms with Gasteiger partial charge in [0.15, 0.2) is 6.10 Å². The van der Waals surface area contributed by atoms with Gasteiger partial charge in [0.2, 0.25) is 0 Å². The molecule has 0 bridgehead atoms. The van der Waals surface area contributed by atoms with Crippen molar-refractivity contribution in [2.45, 2.75) is 380 Å². The fourth-order valence-electron chi connectivity index (χ4n) is 10.4. The fraction of sp³-hybridized carbons (Fsp3) is 0.824. The van der Waals surface area contributed by atoms with Crippen LogP contribution in [-0.4, -0.2) is 37.2 Å². The summed E-state index contributed by atoms with van der Waals surface area (Å²) >= 11 is 0. The van der Waals surface area contributed by atoms with E-state index >= 15 is 0 Å². The van der Waals surface area contributed by atoms with Gasteiger partial charge in [-0.2, -0.15) is 0 Å². The first-order chi connectivity index (χ1) is 39.5. The van der Waals surface area contributed by atoms with Gasteiger partial charge in [-0.25, -0.2) is 0 Å².